The zero-order valence-electron chi connectivity index (χ0n) is 11.7. The number of anilines is 1. The van der Waals surface area contributed by atoms with Crippen LogP contribution in [0.15, 0.2) is 59.7 Å². The van der Waals surface area contributed by atoms with Gasteiger partial charge >= 0.3 is 0 Å². The molecule has 0 radical (unpaired) electrons. The maximum atomic E-state index is 11.6. The predicted octanol–water partition coefficient (Wildman–Crippen LogP) is 2.26. The van der Waals surface area contributed by atoms with Crippen molar-refractivity contribution < 1.29 is 9.53 Å². The van der Waals surface area contributed by atoms with E-state index in [9.17, 15) is 4.79 Å². The molecule has 0 aliphatic carbocycles. The van der Waals surface area contributed by atoms with Crippen molar-refractivity contribution in [1.29, 1.82) is 0 Å². The summed E-state index contributed by atoms with van der Waals surface area (Å²) in [7, 11) is 1.61. The van der Waals surface area contributed by atoms with Crippen LogP contribution in [-0.4, -0.2) is 25.8 Å². The van der Waals surface area contributed by atoms with Crippen LogP contribution in [0.5, 0.6) is 5.75 Å². The fraction of sp³-hybridized carbons (Fsp3) is 0.125. The lowest BCUT2D eigenvalue weighted by atomic mass is 10.2. The van der Waals surface area contributed by atoms with Crippen molar-refractivity contribution in [3.8, 4) is 5.75 Å². The van der Waals surface area contributed by atoms with Crippen LogP contribution in [0.1, 0.15) is 5.56 Å². The van der Waals surface area contributed by atoms with Crippen molar-refractivity contribution in [1.82, 2.24) is 5.43 Å². The minimum Gasteiger partial charge on any atom is -0.497 e. The van der Waals surface area contributed by atoms with Crippen LogP contribution in [0.3, 0.4) is 0 Å². The number of hydrazone groups is 1. The van der Waals surface area contributed by atoms with Gasteiger partial charge in [0, 0.05) is 5.69 Å². The lowest BCUT2D eigenvalue weighted by molar-refractivity contribution is -0.119. The van der Waals surface area contributed by atoms with Gasteiger partial charge in [0.05, 0.1) is 19.9 Å². The second-order valence-electron chi connectivity index (χ2n) is 4.29. The molecular formula is C16H17N3O2. The highest BCUT2D eigenvalue weighted by Gasteiger charge is 1.98. The van der Waals surface area contributed by atoms with Crippen LogP contribution in [0, 0.1) is 0 Å². The van der Waals surface area contributed by atoms with Crippen LogP contribution < -0.4 is 15.5 Å². The van der Waals surface area contributed by atoms with E-state index >= 15 is 0 Å². The summed E-state index contributed by atoms with van der Waals surface area (Å²) in [5.74, 6) is 0.576. The van der Waals surface area contributed by atoms with E-state index in [-0.39, 0.29) is 12.5 Å². The molecule has 2 aromatic rings. The van der Waals surface area contributed by atoms with E-state index in [4.69, 9.17) is 4.74 Å². The molecule has 0 aliphatic heterocycles. The minimum absolute atomic E-state index is 0.171. The van der Waals surface area contributed by atoms with Crippen molar-refractivity contribution >= 4 is 17.8 Å². The highest BCUT2D eigenvalue weighted by Crippen LogP contribution is 2.09. The van der Waals surface area contributed by atoms with Gasteiger partial charge in [-0.25, -0.2) is 5.43 Å². The SMILES string of the molecule is COc1ccc(/C=N/NC(=O)CNc2ccccc2)cc1. The smallest absolute Gasteiger partial charge is 0.259 e. The molecule has 5 heteroatoms. The Labute approximate surface area is 123 Å². The molecule has 5 nitrogen and oxygen atoms in total. The normalized spacial score (nSPS) is 10.3. The van der Waals surface area contributed by atoms with Gasteiger partial charge in [0.25, 0.3) is 5.91 Å². The highest BCUT2D eigenvalue weighted by atomic mass is 16.5. The first-order chi connectivity index (χ1) is 10.3. The van der Waals surface area contributed by atoms with Crippen molar-refractivity contribution in [3.05, 3.63) is 60.2 Å². The molecule has 0 unspecified atom stereocenters. The number of carbonyl (C=O) groups excluding carboxylic acids is 1. The second-order valence-corrected chi connectivity index (χ2v) is 4.29. The Morgan fingerprint density at radius 3 is 2.52 bits per heavy atom. The van der Waals surface area contributed by atoms with Gasteiger partial charge in [-0.2, -0.15) is 5.10 Å². The average Bonchev–Trinajstić information content (AvgIpc) is 2.54. The Morgan fingerprint density at radius 2 is 1.86 bits per heavy atom. The number of hydrogen-bond donors (Lipinski definition) is 2. The molecule has 21 heavy (non-hydrogen) atoms. The molecule has 2 aromatic carbocycles. The van der Waals surface area contributed by atoms with Gasteiger partial charge in [0.1, 0.15) is 5.75 Å². The summed E-state index contributed by atoms with van der Waals surface area (Å²) in [6.07, 6.45) is 1.58. The third-order valence-electron chi connectivity index (χ3n) is 2.75. The number of carbonyl (C=O) groups is 1. The molecule has 0 atom stereocenters. The van der Waals surface area contributed by atoms with Crippen molar-refractivity contribution in [2.45, 2.75) is 0 Å². The first-order valence-electron chi connectivity index (χ1n) is 6.53. The number of amides is 1. The van der Waals surface area contributed by atoms with E-state index in [0.717, 1.165) is 17.0 Å². The molecule has 0 bridgehead atoms. The van der Waals surface area contributed by atoms with E-state index in [0.29, 0.717) is 0 Å². The molecule has 0 heterocycles. The third-order valence-corrected chi connectivity index (χ3v) is 2.75. The summed E-state index contributed by atoms with van der Waals surface area (Å²) in [4.78, 5) is 11.6. The molecule has 0 aromatic heterocycles. The van der Waals surface area contributed by atoms with E-state index < -0.39 is 0 Å². The van der Waals surface area contributed by atoms with Crippen molar-refractivity contribution in [3.63, 3.8) is 0 Å². The molecule has 1 amide bonds. The maximum absolute atomic E-state index is 11.6. The van der Waals surface area contributed by atoms with E-state index in [1.807, 2.05) is 54.6 Å². The van der Waals surface area contributed by atoms with E-state index in [1.165, 1.54) is 0 Å². The number of nitrogens with zero attached hydrogens (tertiary/aromatic N) is 1. The average molecular weight is 283 g/mol. The van der Waals surface area contributed by atoms with Crippen LogP contribution >= 0.6 is 0 Å². The van der Waals surface area contributed by atoms with Gasteiger partial charge < -0.3 is 10.1 Å². The number of rotatable bonds is 6. The lowest BCUT2D eigenvalue weighted by Crippen LogP contribution is -2.25. The molecule has 0 saturated carbocycles. The first-order valence-corrected chi connectivity index (χ1v) is 6.53. The van der Waals surface area contributed by atoms with Crippen molar-refractivity contribution in [2.75, 3.05) is 19.0 Å². The number of hydrogen-bond acceptors (Lipinski definition) is 4. The summed E-state index contributed by atoms with van der Waals surface area (Å²) < 4.78 is 5.06. The van der Waals surface area contributed by atoms with Crippen LogP contribution in [0.25, 0.3) is 0 Å². The summed E-state index contributed by atoms with van der Waals surface area (Å²) in [6.45, 7) is 0.171. The molecule has 0 saturated heterocycles. The van der Waals surface area contributed by atoms with Gasteiger partial charge in [-0.3, -0.25) is 4.79 Å². The fourth-order valence-corrected chi connectivity index (χ4v) is 1.65. The fourth-order valence-electron chi connectivity index (χ4n) is 1.65. The zero-order valence-corrected chi connectivity index (χ0v) is 11.7. The second kappa shape index (κ2) is 7.69. The monoisotopic (exact) mass is 283 g/mol. The Morgan fingerprint density at radius 1 is 1.14 bits per heavy atom. The van der Waals surface area contributed by atoms with Gasteiger partial charge in [-0.05, 0) is 42.0 Å². The molecule has 0 spiro atoms. The molecule has 0 fully saturated rings. The Kier molecular flexibility index (Phi) is 5.34. The highest BCUT2D eigenvalue weighted by molar-refractivity contribution is 5.84. The van der Waals surface area contributed by atoms with Gasteiger partial charge in [-0.1, -0.05) is 18.2 Å². The first kappa shape index (κ1) is 14.6. The Hall–Kier alpha value is -2.82. The molecule has 2 rings (SSSR count). The Bertz CT molecular complexity index is 595. The summed E-state index contributed by atoms with van der Waals surface area (Å²) in [5, 5.41) is 6.91. The number of methoxy groups -OCH3 is 1. The van der Waals surface area contributed by atoms with E-state index in [1.54, 1.807) is 13.3 Å². The molecule has 108 valence electrons. The lowest BCUT2D eigenvalue weighted by Gasteiger charge is -2.04. The maximum Gasteiger partial charge on any atom is 0.259 e. The third kappa shape index (κ3) is 4.99. The molecule has 2 N–H and O–H groups in total. The zero-order chi connectivity index (χ0) is 14.9. The summed E-state index contributed by atoms with van der Waals surface area (Å²) in [5.41, 5.74) is 4.24. The van der Waals surface area contributed by atoms with Gasteiger partial charge in [0.15, 0.2) is 0 Å². The predicted molar refractivity (Wildman–Crippen MR) is 83.7 cm³/mol. The topological polar surface area (TPSA) is 62.7 Å². The van der Waals surface area contributed by atoms with Crippen LogP contribution in [0.2, 0.25) is 0 Å². The summed E-state index contributed by atoms with van der Waals surface area (Å²) in [6, 6.07) is 16.9. The van der Waals surface area contributed by atoms with E-state index in [2.05, 4.69) is 15.8 Å². The van der Waals surface area contributed by atoms with Gasteiger partial charge in [-0.15, -0.1) is 0 Å². The minimum atomic E-state index is -0.205. The standard InChI is InChI=1S/C16H17N3O2/c1-21-15-9-7-13(8-10-15)11-18-19-16(20)12-17-14-5-3-2-4-6-14/h2-11,17H,12H2,1H3,(H,19,20)/b18-11+. The number of nitrogens with one attached hydrogen (secondary N) is 2. The van der Waals surface area contributed by atoms with Crippen LogP contribution in [-0.2, 0) is 4.79 Å². The Balaban J connectivity index is 1.76. The largest absolute Gasteiger partial charge is 0.497 e. The number of benzene rings is 2. The van der Waals surface area contributed by atoms with Crippen LogP contribution in [0.4, 0.5) is 5.69 Å². The van der Waals surface area contributed by atoms with Crippen molar-refractivity contribution in [2.24, 2.45) is 5.10 Å². The van der Waals surface area contributed by atoms with Gasteiger partial charge in [0.2, 0.25) is 0 Å². The molecule has 0 aliphatic rings. The number of para-hydroxylation sites is 1. The quantitative estimate of drug-likeness (QED) is 0.631. The number of ether oxygens (including phenoxy) is 1. The molecular weight excluding hydrogens is 266 g/mol. The summed E-state index contributed by atoms with van der Waals surface area (Å²) >= 11 is 0.